The van der Waals surface area contributed by atoms with Crippen LogP contribution in [0.4, 0.5) is 0 Å². The molecule has 0 unspecified atom stereocenters. The summed E-state index contributed by atoms with van der Waals surface area (Å²) in [5.41, 5.74) is 1.72. The zero-order valence-electron chi connectivity index (χ0n) is 18.0. The lowest BCUT2D eigenvalue weighted by atomic mass is 9.97. The van der Waals surface area contributed by atoms with Crippen molar-refractivity contribution < 1.29 is 14.3 Å². The number of methoxy groups -OCH3 is 1. The quantitative estimate of drug-likeness (QED) is 0.552. The second-order valence-electron chi connectivity index (χ2n) is 7.78. The highest BCUT2D eigenvalue weighted by atomic mass is 32.2. The number of carbonyl (C=O) groups excluding carboxylic acids is 2. The van der Waals surface area contributed by atoms with E-state index < -0.39 is 0 Å². The van der Waals surface area contributed by atoms with Crippen molar-refractivity contribution in [1.29, 1.82) is 0 Å². The molecule has 0 aliphatic carbocycles. The number of H-pyrrole nitrogens is 1. The van der Waals surface area contributed by atoms with Gasteiger partial charge in [0.15, 0.2) is 0 Å². The number of esters is 1. The van der Waals surface area contributed by atoms with Crippen LogP contribution < -0.4 is 5.56 Å². The van der Waals surface area contributed by atoms with Crippen molar-refractivity contribution in [3.05, 3.63) is 51.9 Å². The fourth-order valence-electron chi connectivity index (χ4n) is 3.93. The molecule has 0 radical (unpaired) electrons. The van der Waals surface area contributed by atoms with Gasteiger partial charge >= 0.3 is 5.97 Å². The summed E-state index contributed by atoms with van der Waals surface area (Å²) in [6.45, 7) is 2.98. The number of fused-ring (bicyclic) bond motifs is 1. The molecule has 1 aliphatic rings. The van der Waals surface area contributed by atoms with Crippen molar-refractivity contribution in [2.45, 2.75) is 30.8 Å². The molecular weight excluding hydrogens is 446 g/mol. The number of thiophene rings is 1. The van der Waals surface area contributed by atoms with Crippen LogP contribution in [-0.4, -0.2) is 52.2 Å². The third-order valence-corrected chi connectivity index (χ3v) is 7.75. The summed E-state index contributed by atoms with van der Waals surface area (Å²) >= 11 is 2.90. The maximum Gasteiger partial charge on any atom is 0.308 e. The molecule has 1 atom stereocenters. The zero-order valence-corrected chi connectivity index (χ0v) is 19.6. The van der Waals surface area contributed by atoms with E-state index in [1.807, 2.05) is 47.5 Å². The van der Waals surface area contributed by atoms with E-state index in [0.717, 1.165) is 11.1 Å². The largest absolute Gasteiger partial charge is 0.469 e. The van der Waals surface area contributed by atoms with E-state index in [2.05, 4.69) is 9.97 Å². The molecule has 0 saturated carbocycles. The highest BCUT2D eigenvalue weighted by Crippen LogP contribution is 2.31. The third-order valence-electron chi connectivity index (χ3n) is 5.74. The van der Waals surface area contributed by atoms with Crippen LogP contribution in [0, 0.1) is 5.92 Å². The van der Waals surface area contributed by atoms with Gasteiger partial charge in [0.1, 0.15) is 10.7 Å². The monoisotopic (exact) mass is 471 g/mol. The Bertz CT molecular complexity index is 1170. The molecule has 1 saturated heterocycles. The van der Waals surface area contributed by atoms with Gasteiger partial charge in [0, 0.05) is 24.0 Å². The van der Waals surface area contributed by atoms with Gasteiger partial charge in [-0.2, -0.15) is 0 Å². The van der Waals surface area contributed by atoms with Gasteiger partial charge in [0.05, 0.1) is 29.4 Å². The first-order valence-corrected chi connectivity index (χ1v) is 12.4. The van der Waals surface area contributed by atoms with Crippen LogP contribution in [-0.2, 0) is 20.1 Å². The number of piperidine rings is 1. The number of thioether (sulfide) groups is 1. The van der Waals surface area contributed by atoms with Crippen LogP contribution in [0.5, 0.6) is 0 Å². The molecule has 1 fully saturated rings. The number of ether oxygens (including phenoxy) is 1. The lowest BCUT2D eigenvalue weighted by Crippen LogP contribution is -2.43. The Balaban J connectivity index is 1.39. The van der Waals surface area contributed by atoms with Crippen molar-refractivity contribution in [2.75, 3.05) is 20.2 Å². The first-order chi connectivity index (χ1) is 15.5. The summed E-state index contributed by atoms with van der Waals surface area (Å²) in [6, 6.07) is 9.79. The standard InChI is InChI=1S/C23H25N3O4S2/c1-14(22(28)26-10-8-16(9-11-26)23(29)30-2)31-13-18-24-20(27)19-17(12-32-21(19)25-18)15-6-4-3-5-7-15/h3-7,12,14,16H,8-11,13H2,1-2H3,(H,24,25,27)/t14-/m0/s1. The van der Waals surface area contributed by atoms with Gasteiger partial charge in [-0.1, -0.05) is 30.3 Å². The van der Waals surface area contributed by atoms with Crippen molar-refractivity contribution in [1.82, 2.24) is 14.9 Å². The van der Waals surface area contributed by atoms with E-state index in [4.69, 9.17) is 4.74 Å². The Morgan fingerprint density at radius 1 is 1.28 bits per heavy atom. The van der Waals surface area contributed by atoms with Crippen LogP contribution in [0.25, 0.3) is 21.3 Å². The van der Waals surface area contributed by atoms with E-state index >= 15 is 0 Å². The number of hydrogen-bond acceptors (Lipinski definition) is 7. The van der Waals surface area contributed by atoms with Gasteiger partial charge in [0.2, 0.25) is 5.91 Å². The molecule has 9 heteroatoms. The molecule has 32 heavy (non-hydrogen) atoms. The summed E-state index contributed by atoms with van der Waals surface area (Å²) in [5, 5.41) is 2.30. The molecule has 7 nitrogen and oxygen atoms in total. The number of carbonyl (C=O) groups is 2. The van der Waals surface area contributed by atoms with Crippen molar-refractivity contribution in [3.63, 3.8) is 0 Å². The summed E-state index contributed by atoms with van der Waals surface area (Å²) in [7, 11) is 1.40. The second-order valence-corrected chi connectivity index (χ2v) is 9.97. The lowest BCUT2D eigenvalue weighted by molar-refractivity contribution is -0.148. The zero-order chi connectivity index (χ0) is 22.7. The van der Waals surface area contributed by atoms with E-state index in [0.29, 0.717) is 47.7 Å². The van der Waals surface area contributed by atoms with Gasteiger partial charge in [-0.15, -0.1) is 23.1 Å². The molecule has 2 aromatic heterocycles. The number of nitrogens with one attached hydrogen (secondary N) is 1. The predicted octanol–water partition coefficient (Wildman–Crippen LogP) is 3.68. The normalized spacial score (nSPS) is 15.6. The Morgan fingerprint density at radius 3 is 2.69 bits per heavy atom. The molecule has 1 amide bonds. The van der Waals surface area contributed by atoms with Crippen molar-refractivity contribution in [2.24, 2.45) is 5.92 Å². The van der Waals surface area contributed by atoms with Crippen LogP contribution in [0.3, 0.4) is 0 Å². The van der Waals surface area contributed by atoms with Crippen LogP contribution >= 0.6 is 23.1 Å². The Labute approximate surface area is 194 Å². The maximum atomic E-state index is 12.8. The SMILES string of the molecule is COC(=O)C1CCN(C(=O)[C@H](C)SCc2nc3scc(-c4ccccc4)c3c(=O)[nH]2)CC1. The highest BCUT2D eigenvalue weighted by Gasteiger charge is 2.30. The minimum atomic E-state index is -0.270. The molecule has 4 rings (SSSR count). The molecule has 3 aromatic rings. The van der Waals surface area contributed by atoms with Gasteiger partial charge in [-0.25, -0.2) is 4.98 Å². The number of hydrogen-bond donors (Lipinski definition) is 1. The van der Waals surface area contributed by atoms with Gasteiger partial charge in [0.25, 0.3) is 5.56 Å². The number of benzene rings is 1. The maximum absolute atomic E-state index is 12.8. The number of nitrogens with zero attached hydrogens (tertiary/aromatic N) is 2. The number of likely N-dealkylation sites (tertiary alicyclic amines) is 1. The smallest absolute Gasteiger partial charge is 0.308 e. The van der Waals surface area contributed by atoms with Gasteiger partial charge in [-0.05, 0) is 25.3 Å². The minimum absolute atomic E-state index is 0.0456. The van der Waals surface area contributed by atoms with E-state index in [9.17, 15) is 14.4 Å². The molecule has 0 bridgehead atoms. The van der Waals surface area contributed by atoms with E-state index in [1.165, 1.54) is 30.2 Å². The van der Waals surface area contributed by atoms with Gasteiger partial charge in [-0.3, -0.25) is 14.4 Å². The number of rotatable bonds is 6. The number of aromatic nitrogens is 2. The average molecular weight is 472 g/mol. The Morgan fingerprint density at radius 2 is 2.00 bits per heavy atom. The van der Waals surface area contributed by atoms with Crippen LogP contribution in [0.15, 0.2) is 40.5 Å². The summed E-state index contributed by atoms with van der Waals surface area (Å²) < 4.78 is 4.81. The Kier molecular flexibility index (Phi) is 6.95. The highest BCUT2D eigenvalue weighted by molar-refractivity contribution is 7.99. The lowest BCUT2D eigenvalue weighted by Gasteiger charge is -2.32. The minimum Gasteiger partial charge on any atom is -0.469 e. The molecular formula is C23H25N3O4S2. The van der Waals surface area contributed by atoms with Crippen molar-refractivity contribution >= 4 is 45.2 Å². The number of aromatic amines is 1. The first-order valence-electron chi connectivity index (χ1n) is 10.5. The third kappa shape index (κ3) is 4.73. The summed E-state index contributed by atoms with van der Waals surface area (Å²) in [6.07, 6.45) is 1.26. The second kappa shape index (κ2) is 9.87. The van der Waals surface area contributed by atoms with Crippen LogP contribution in [0.2, 0.25) is 0 Å². The van der Waals surface area contributed by atoms with Crippen LogP contribution in [0.1, 0.15) is 25.6 Å². The molecule has 3 heterocycles. The summed E-state index contributed by atoms with van der Waals surface area (Å²) in [4.78, 5) is 47.3. The predicted molar refractivity (Wildman–Crippen MR) is 128 cm³/mol. The van der Waals surface area contributed by atoms with E-state index in [1.54, 1.807) is 0 Å². The van der Waals surface area contributed by atoms with Gasteiger partial charge < -0.3 is 14.6 Å². The average Bonchev–Trinajstić information content (AvgIpc) is 3.27. The first kappa shape index (κ1) is 22.5. The Hall–Kier alpha value is -2.65. The topological polar surface area (TPSA) is 92.4 Å². The molecule has 168 valence electrons. The van der Waals surface area contributed by atoms with E-state index in [-0.39, 0.29) is 28.6 Å². The molecule has 1 aliphatic heterocycles. The van der Waals surface area contributed by atoms with Crippen molar-refractivity contribution in [3.8, 4) is 11.1 Å². The molecule has 1 aromatic carbocycles. The summed E-state index contributed by atoms with van der Waals surface area (Å²) in [5.74, 6) is 0.728. The molecule has 1 N–H and O–H groups in total. The number of amides is 1. The molecule has 0 spiro atoms. The fourth-order valence-corrected chi connectivity index (χ4v) is 5.73. The fraction of sp³-hybridized carbons (Fsp3) is 0.391.